The molecular formula is C97H61N5OS. The van der Waals surface area contributed by atoms with Crippen molar-refractivity contribution in [1.29, 1.82) is 0 Å². The highest BCUT2D eigenvalue weighted by Crippen LogP contribution is 2.51. The molecule has 0 fully saturated rings. The van der Waals surface area contributed by atoms with Crippen LogP contribution < -0.4 is 4.74 Å². The molecule has 6 heterocycles. The van der Waals surface area contributed by atoms with E-state index in [0.29, 0.717) is 5.56 Å². The molecule has 0 bridgehead atoms. The standard InChI is InChI=1S/C97H61N5OS/c103-97-93(73-59-83(67-38-18-6-19-39-67)99-84(60-73)68-40-20-7-21-41-68)92(72-57-81(65-34-14-4-15-35-65)98-82(58-72)66-36-16-5-17-37-66)80-61-91(100-85-45-25-22-42-74(85)77-54-69(48-51-88(77)100)62-28-8-1-9-29-62)94(101-86-46-26-23-43-75(86)78-55-70(49-52-89(78)101)63-30-10-2-11-31-63)95(96(80)104-97)102-87-47-27-24-44-76(87)79-56-71(50-53-90(79)102)64-32-12-3-13-33-64/h1-61H. The summed E-state index contributed by atoms with van der Waals surface area (Å²) in [6.45, 7) is 0. The summed E-state index contributed by atoms with van der Waals surface area (Å²) >= 11 is 1.32. The summed E-state index contributed by atoms with van der Waals surface area (Å²) in [5.74, 6) is 0. The number of rotatable bonds is 12. The van der Waals surface area contributed by atoms with Gasteiger partial charge in [-0.05, 0) is 129 Å². The Labute approximate surface area is 603 Å². The van der Waals surface area contributed by atoms with Crippen LogP contribution in [-0.4, -0.2) is 23.7 Å². The Balaban J connectivity index is 1.04. The predicted molar refractivity (Wildman–Crippen MR) is 436 cm³/mol. The molecule has 104 heavy (non-hydrogen) atoms. The quantitative estimate of drug-likeness (QED) is 0.122. The van der Waals surface area contributed by atoms with Gasteiger partial charge in [0.05, 0.1) is 77.6 Å². The average molecular weight is 1340 g/mol. The van der Waals surface area contributed by atoms with Gasteiger partial charge in [-0.3, -0.25) is 4.79 Å². The van der Waals surface area contributed by atoms with Gasteiger partial charge in [-0.1, -0.05) is 296 Å². The van der Waals surface area contributed by atoms with E-state index in [2.05, 4.69) is 359 Å². The van der Waals surface area contributed by atoms with E-state index in [0.717, 1.165) is 188 Å². The minimum Gasteiger partial charge on any atom is -0.307 e. The molecule has 0 saturated carbocycles. The summed E-state index contributed by atoms with van der Waals surface area (Å²) in [7, 11) is 0. The van der Waals surface area contributed by atoms with Crippen LogP contribution in [-0.2, 0) is 0 Å². The van der Waals surface area contributed by atoms with Gasteiger partial charge in [0.15, 0.2) is 0 Å². The van der Waals surface area contributed by atoms with Gasteiger partial charge in [0.2, 0.25) is 4.74 Å². The zero-order valence-electron chi connectivity index (χ0n) is 56.3. The average Bonchev–Trinajstić information content (AvgIpc) is 1.47. The van der Waals surface area contributed by atoms with Crippen LogP contribution in [0.1, 0.15) is 0 Å². The summed E-state index contributed by atoms with van der Waals surface area (Å²) in [4.78, 5) is 28.5. The fourth-order valence-electron chi connectivity index (χ4n) is 15.9. The molecule has 0 amide bonds. The molecule has 0 atom stereocenters. The number of fused-ring (bicyclic) bond motifs is 10. The van der Waals surface area contributed by atoms with Gasteiger partial charge in [-0.25, -0.2) is 9.97 Å². The van der Waals surface area contributed by atoms with Gasteiger partial charge in [-0.2, -0.15) is 0 Å². The third-order valence-electron chi connectivity index (χ3n) is 20.7. The van der Waals surface area contributed by atoms with E-state index in [1.807, 2.05) is 24.3 Å². The van der Waals surface area contributed by atoms with Crippen molar-refractivity contribution in [1.82, 2.24) is 23.7 Å². The number of benzene rings is 14. The zero-order chi connectivity index (χ0) is 68.8. The molecule has 0 radical (unpaired) electrons. The van der Waals surface area contributed by atoms with E-state index in [4.69, 9.17) is 9.97 Å². The highest BCUT2D eigenvalue weighted by molar-refractivity contribution is 7.17. The summed E-state index contributed by atoms with van der Waals surface area (Å²) in [6, 6.07) is 132. The molecular weight excluding hydrogens is 1280 g/mol. The summed E-state index contributed by atoms with van der Waals surface area (Å²) < 4.78 is 8.22. The lowest BCUT2D eigenvalue weighted by Gasteiger charge is -2.25. The van der Waals surface area contributed by atoms with Gasteiger partial charge in [-0.15, -0.1) is 0 Å². The molecule has 6 nitrogen and oxygen atoms in total. The van der Waals surface area contributed by atoms with Crippen molar-refractivity contribution in [3.63, 3.8) is 0 Å². The van der Waals surface area contributed by atoms with Crippen LogP contribution in [0.15, 0.2) is 375 Å². The van der Waals surface area contributed by atoms with Crippen LogP contribution in [0.2, 0.25) is 0 Å². The van der Waals surface area contributed by atoms with Crippen molar-refractivity contribution >= 4 is 86.8 Å². The molecule has 0 aliphatic rings. The van der Waals surface area contributed by atoms with Crippen molar-refractivity contribution in [3.05, 3.63) is 380 Å². The Morgan fingerprint density at radius 2 is 0.500 bits per heavy atom. The monoisotopic (exact) mass is 1340 g/mol. The highest BCUT2D eigenvalue weighted by Gasteiger charge is 2.32. The summed E-state index contributed by atoms with van der Waals surface area (Å²) in [5, 5.41) is 7.48. The van der Waals surface area contributed by atoms with Crippen LogP contribution in [0, 0.1) is 0 Å². The third kappa shape index (κ3) is 10.1. The minimum atomic E-state index is -0.108. The molecule has 0 N–H and O–H groups in total. The van der Waals surface area contributed by atoms with E-state index >= 15 is 4.79 Å². The Morgan fingerprint density at radius 3 is 0.865 bits per heavy atom. The van der Waals surface area contributed by atoms with Crippen molar-refractivity contribution in [2.45, 2.75) is 0 Å². The molecule has 0 aliphatic heterocycles. The fraction of sp³-hybridized carbons (Fsp3) is 0. The maximum absolute atomic E-state index is 17.5. The molecule has 14 aromatic carbocycles. The zero-order valence-corrected chi connectivity index (χ0v) is 57.1. The SMILES string of the molecule is O=c1sc2c(-n3c4ccccc4c4cc(-c5ccccc5)ccc43)c(-n3c4ccccc4c4cc(-c5ccccc5)ccc43)c(-n3c4ccccc4c4cc(-c5ccccc5)ccc43)cc2c(-c2cc(-c3ccccc3)nc(-c3ccccc3)c2)c1-c1cc(-c2ccccc2)nc(-c2ccccc2)c1. The highest BCUT2D eigenvalue weighted by atomic mass is 32.1. The Kier molecular flexibility index (Phi) is 14.5. The Morgan fingerprint density at radius 1 is 0.212 bits per heavy atom. The lowest BCUT2D eigenvalue weighted by molar-refractivity contribution is 1.06. The van der Waals surface area contributed by atoms with Crippen LogP contribution in [0.25, 0.3) is 193 Å². The lowest BCUT2D eigenvalue weighted by atomic mass is 9.90. The molecule has 6 aromatic heterocycles. The number of nitrogens with zero attached hydrogens (tertiary/aromatic N) is 5. The van der Waals surface area contributed by atoms with E-state index in [1.165, 1.54) is 11.3 Å². The smallest absolute Gasteiger partial charge is 0.241 e. The van der Waals surface area contributed by atoms with Crippen LogP contribution >= 0.6 is 11.3 Å². The molecule has 0 unspecified atom stereocenters. The molecule has 0 aliphatic carbocycles. The number of hydrogen-bond donors (Lipinski definition) is 0. The van der Waals surface area contributed by atoms with Crippen LogP contribution in [0.4, 0.5) is 0 Å². The summed E-state index contributed by atoms with van der Waals surface area (Å²) in [6.07, 6.45) is 0. The van der Waals surface area contributed by atoms with E-state index in [1.54, 1.807) is 0 Å². The van der Waals surface area contributed by atoms with E-state index < -0.39 is 0 Å². The van der Waals surface area contributed by atoms with Crippen molar-refractivity contribution in [2.75, 3.05) is 0 Å². The first kappa shape index (κ1) is 60.4. The van der Waals surface area contributed by atoms with Crippen LogP contribution in [0.5, 0.6) is 0 Å². The topological polar surface area (TPSA) is 57.6 Å². The first-order chi connectivity index (χ1) is 51.5. The number of hydrogen-bond acceptors (Lipinski definition) is 4. The lowest BCUT2D eigenvalue weighted by Crippen LogP contribution is -2.12. The number of pyridine rings is 2. The second-order valence-corrected chi connectivity index (χ2v) is 27.7. The van der Waals surface area contributed by atoms with E-state index in [9.17, 15) is 0 Å². The first-order valence-corrected chi connectivity index (χ1v) is 36.0. The molecule has 486 valence electrons. The van der Waals surface area contributed by atoms with Crippen LogP contribution in [0.3, 0.4) is 0 Å². The maximum atomic E-state index is 17.5. The second-order valence-electron chi connectivity index (χ2n) is 26.7. The second kappa shape index (κ2) is 24.9. The normalized spacial score (nSPS) is 11.7. The molecule has 0 saturated heterocycles. The third-order valence-corrected chi connectivity index (χ3v) is 21.7. The van der Waals surface area contributed by atoms with E-state index in [-0.39, 0.29) is 4.74 Å². The van der Waals surface area contributed by atoms with Gasteiger partial charge >= 0.3 is 0 Å². The van der Waals surface area contributed by atoms with Crippen molar-refractivity contribution < 1.29 is 0 Å². The van der Waals surface area contributed by atoms with Gasteiger partial charge in [0.25, 0.3) is 0 Å². The Hall–Kier alpha value is -13.6. The minimum absolute atomic E-state index is 0.108. The first-order valence-electron chi connectivity index (χ1n) is 35.2. The van der Waals surface area contributed by atoms with Gasteiger partial charge < -0.3 is 13.7 Å². The number of aromatic nitrogens is 5. The fourth-order valence-corrected chi connectivity index (χ4v) is 17.0. The molecule has 20 rings (SSSR count). The summed E-state index contributed by atoms with van der Waals surface area (Å²) in [5.41, 5.74) is 25.2. The Bertz CT molecular complexity index is 6710. The molecule has 0 spiro atoms. The van der Waals surface area contributed by atoms with Gasteiger partial charge in [0, 0.05) is 71.1 Å². The van der Waals surface area contributed by atoms with Gasteiger partial charge in [0.1, 0.15) is 0 Å². The number of para-hydroxylation sites is 3. The predicted octanol–water partition coefficient (Wildman–Crippen LogP) is 25.3. The largest absolute Gasteiger partial charge is 0.307 e. The molecule has 20 aromatic rings. The van der Waals surface area contributed by atoms with Crippen molar-refractivity contribution in [3.8, 4) is 118 Å². The van der Waals surface area contributed by atoms with Crippen molar-refractivity contribution in [2.24, 2.45) is 0 Å². The molecule has 7 heteroatoms. The maximum Gasteiger partial charge on any atom is 0.241 e.